The fraction of sp³-hybridized carbons (Fsp3) is 0.259. The van der Waals surface area contributed by atoms with Crippen molar-refractivity contribution in [1.29, 1.82) is 0 Å². The Morgan fingerprint density at radius 3 is 2.48 bits per heavy atom. The molecular weight excluding hydrogens is 352 g/mol. The number of hydrogen-bond acceptors (Lipinski definition) is 1. The highest BCUT2D eigenvalue weighted by molar-refractivity contribution is 5.96. The van der Waals surface area contributed by atoms with E-state index in [1.54, 1.807) is 6.20 Å². The van der Waals surface area contributed by atoms with Crippen LogP contribution in [0.25, 0.3) is 33.2 Å². The molecule has 2 nitrogen and oxygen atoms in total. The van der Waals surface area contributed by atoms with E-state index < -0.39 is 0 Å². The number of benzene rings is 2. The molecule has 146 valence electrons. The lowest BCUT2D eigenvalue weighted by molar-refractivity contribution is -0.665. The SMILES string of the molecule is [2H]c1c(C)[n+](C)c(-c2cc(C(C)C)cc(C)c2C)c2ccc(-c3cccnc3)cc12. The van der Waals surface area contributed by atoms with Crippen molar-refractivity contribution in [3.05, 3.63) is 83.3 Å². The molecule has 2 heterocycles. The van der Waals surface area contributed by atoms with Crippen LogP contribution in [0.1, 0.15) is 43.5 Å². The second-order valence-corrected chi connectivity index (χ2v) is 8.29. The van der Waals surface area contributed by atoms with Crippen LogP contribution in [0.15, 0.2) is 60.9 Å². The van der Waals surface area contributed by atoms with Crippen molar-refractivity contribution in [1.82, 2.24) is 4.98 Å². The maximum absolute atomic E-state index is 8.82. The molecule has 0 fully saturated rings. The number of aromatic nitrogens is 2. The average Bonchev–Trinajstić information content (AvgIpc) is 2.75. The first kappa shape index (κ1) is 18.1. The summed E-state index contributed by atoms with van der Waals surface area (Å²) in [6.45, 7) is 10.9. The Morgan fingerprint density at radius 1 is 1.00 bits per heavy atom. The normalized spacial score (nSPS) is 11.9. The van der Waals surface area contributed by atoms with Crippen molar-refractivity contribution in [2.45, 2.75) is 40.5 Å². The second-order valence-electron chi connectivity index (χ2n) is 8.29. The molecule has 0 N–H and O–H groups in total. The van der Waals surface area contributed by atoms with E-state index in [9.17, 15) is 0 Å². The van der Waals surface area contributed by atoms with Gasteiger partial charge in [-0.25, -0.2) is 0 Å². The fourth-order valence-electron chi connectivity index (χ4n) is 3.99. The third kappa shape index (κ3) is 3.44. The molecule has 0 radical (unpaired) electrons. The number of hydrogen-bond donors (Lipinski definition) is 0. The van der Waals surface area contributed by atoms with Crippen molar-refractivity contribution in [3.8, 4) is 22.4 Å². The van der Waals surface area contributed by atoms with Crippen molar-refractivity contribution in [2.24, 2.45) is 7.05 Å². The molecule has 4 aromatic rings. The van der Waals surface area contributed by atoms with E-state index in [0.717, 1.165) is 27.6 Å². The average molecular weight is 383 g/mol. The summed E-state index contributed by atoms with van der Waals surface area (Å²) in [4.78, 5) is 4.26. The maximum Gasteiger partial charge on any atom is 0.220 e. The molecule has 0 bridgehead atoms. The summed E-state index contributed by atoms with van der Waals surface area (Å²) in [5, 5.41) is 2.10. The van der Waals surface area contributed by atoms with Gasteiger partial charge in [-0.2, -0.15) is 4.57 Å². The lowest BCUT2D eigenvalue weighted by atomic mass is 9.90. The van der Waals surface area contributed by atoms with Crippen LogP contribution in [0.4, 0.5) is 0 Å². The third-order valence-corrected chi connectivity index (χ3v) is 6.04. The van der Waals surface area contributed by atoms with E-state index in [0.29, 0.717) is 12.0 Å². The Labute approximate surface area is 175 Å². The Morgan fingerprint density at radius 2 is 1.79 bits per heavy atom. The van der Waals surface area contributed by atoms with Gasteiger partial charge in [0, 0.05) is 30.9 Å². The van der Waals surface area contributed by atoms with Crippen molar-refractivity contribution in [3.63, 3.8) is 0 Å². The first-order valence-electron chi connectivity index (χ1n) is 10.7. The standard InChI is InChI=1S/C27H29N2/c1-17(2)23-12-18(3)20(5)26(15-23)27-25-10-9-21(22-8-7-11-28-16-22)14-24(25)13-19(4)29(27)6/h7-17H,1-6H3/q+1/i13D. The van der Waals surface area contributed by atoms with Crippen molar-refractivity contribution < 1.29 is 5.94 Å². The first-order chi connectivity index (χ1) is 14.3. The van der Waals surface area contributed by atoms with Crippen LogP contribution < -0.4 is 4.57 Å². The highest BCUT2D eigenvalue weighted by Gasteiger charge is 2.21. The predicted molar refractivity (Wildman–Crippen MR) is 122 cm³/mol. The number of rotatable bonds is 3. The van der Waals surface area contributed by atoms with Gasteiger partial charge in [-0.3, -0.25) is 4.98 Å². The summed E-state index contributed by atoms with van der Waals surface area (Å²) < 4.78 is 11.0. The molecular formula is C27H29N2+. The predicted octanol–water partition coefficient (Wildman–Crippen LogP) is 6.44. The fourth-order valence-corrected chi connectivity index (χ4v) is 3.99. The van der Waals surface area contributed by atoms with Crippen LogP contribution in [-0.2, 0) is 7.05 Å². The number of aryl methyl sites for hydroxylation is 1. The summed E-state index contributed by atoms with van der Waals surface area (Å²) >= 11 is 0. The van der Waals surface area contributed by atoms with E-state index in [4.69, 9.17) is 1.37 Å². The third-order valence-electron chi connectivity index (χ3n) is 6.04. The Hall–Kier alpha value is -3.00. The van der Waals surface area contributed by atoms with E-state index in [2.05, 4.69) is 80.7 Å². The Bertz CT molecular complexity index is 1260. The minimum atomic E-state index is 0.466. The maximum atomic E-state index is 8.82. The van der Waals surface area contributed by atoms with Gasteiger partial charge in [-0.15, -0.1) is 0 Å². The van der Waals surface area contributed by atoms with E-state index >= 15 is 0 Å². The van der Waals surface area contributed by atoms with Crippen molar-refractivity contribution >= 4 is 10.8 Å². The monoisotopic (exact) mass is 382 g/mol. The zero-order valence-corrected chi connectivity index (χ0v) is 18.2. The molecule has 29 heavy (non-hydrogen) atoms. The van der Waals surface area contributed by atoms with Crippen molar-refractivity contribution in [2.75, 3.05) is 0 Å². The molecule has 0 amide bonds. The van der Waals surface area contributed by atoms with Gasteiger partial charge in [-0.05, 0) is 71.7 Å². The minimum absolute atomic E-state index is 0.466. The molecule has 0 spiro atoms. The van der Waals surface area contributed by atoms with E-state index in [-0.39, 0.29) is 0 Å². The second kappa shape index (κ2) is 7.44. The molecule has 0 aliphatic heterocycles. The van der Waals surface area contributed by atoms with Gasteiger partial charge >= 0.3 is 0 Å². The molecule has 0 unspecified atom stereocenters. The topological polar surface area (TPSA) is 16.8 Å². The molecule has 0 aliphatic carbocycles. The Kier molecular flexibility index (Phi) is 4.63. The van der Waals surface area contributed by atoms with Gasteiger partial charge < -0.3 is 0 Å². The largest absolute Gasteiger partial charge is 0.264 e. The summed E-state index contributed by atoms with van der Waals surface area (Å²) in [6.07, 6.45) is 3.66. The van der Waals surface area contributed by atoms with E-state index in [1.165, 1.54) is 27.9 Å². The number of nitrogens with zero attached hydrogens (tertiary/aromatic N) is 2. The molecule has 0 atom stereocenters. The minimum Gasteiger partial charge on any atom is -0.264 e. The molecule has 2 aromatic heterocycles. The van der Waals surface area contributed by atoms with Crippen LogP contribution in [0, 0.1) is 20.8 Å². The zero-order chi connectivity index (χ0) is 21.6. The summed E-state index contributed by atoms with van der Waals surface area (Å²) in [6, 6.07) is 15.7. The summed E-state index contributed by atoms with van der Waals surface area (Å²) in [5.74, 6) is 0.466. The highest BCUT2D eigenvalue weighted by Crippen LogP contribution is 2.34. The molecule has 0 saturated heterocycles. The van der Waals surface area contributed by atoms with E-state index in [1.807, 2.05) is 19.2 Å². The highest BCUT2D eigenvalue weighted by atomic mass is 14.9. The molecule has 0 aliphatic rings. The van der Waals surface area contributed by atoms with Crippen LogP contribution in [-0.4, -0.2) is 4.98 Å². The van der Waals surface area contributed by atoms with Crippen LogP contribution in [0.5, 0.6) is 0 Å². The van der Waals surface area contributed by atoms with Gasteiger partial charge in [0.15, 0.2) is 5.69 Å². The van der Waals surface area contributed by atoms with Gasteiger partial charge in [-0.1, -0.05) is 32.0 Å². The first-order valence-corrected chi connectivity index (χ1v) is 10.2. The number of fused-ring (bicyclic) bond motifs is 1. The lowest BCUT2D eigenvalue weighted by Gasteiger charge is -2.16. The van der Waals surface area contributed by atoms with Gasteiger partial charge in [0.25, 0.3) is 0 Å². The smallest absolute Gasteiger partial charge is 0.220 e. The van der Waals surface area contributed by atoms with Gasteiger partial charge in [0.2, 0.25) is 5.69 Å². The Balaban J connectivity index is 2.07. The quantitative estimate of drug-likeness (QED) is 0.372. The van der Waals surface area contributed by atoms with Crippen LogP contribution >= 0.6 is 0 Å². The van der Waals surface area contributed by atoms with Crippen LogP contribution in [0.3, 0.4) is 0 Å². The summed E-state index contributed by atoms with van der Waals surface area (Å²) in [5.41, 5.74) is 9.51. The van der Waals surface area contributed by atoms with Gasteiger partial charge in [0.05, 0.1) is 12.3 Å². The summed E-state index contributed by atoms with van der Waals surface area (Å²) in [7, 11) is 2.08. The molecule has 2 heteroatoms. The molecule has 4 rings (SSSR count). The number of pyridine rings is 2. The van der Waals surface area contributed by atoms with Gasteiger partial charge in [0.1, 0.15) is 7.05 Å². The zero-order valence-electron chi connectivity index (χ0n) is 19.2. The molecule has 0 saturated carbocycles. The molecule has 2 aromatic carbocycles. The van der Waals surface area contributed by atoms with Crippen LogP contribution in [0.2, 0.25) is 0 Å². The lowest BCUT2D eigenvalue weighted by Crippen LogP contribution is -2.35.